The van der Waals surface area contributed by atoms with E-state index in [9.17, 15) is 8.78 Å². The maximum Gasteiger partial charge on any atom is 0.248 e. The van der Waals surface area contributed by atoms with E-state index in [0.29, 0.717) is 6.42 Å². The molecule has 0 aliphatic heterocycles. The molecule has 0 radical (unpaired) electrons. The van der Waals surface area contributed by atoms with Gasteiger partial charge in [0, 0.05) is 24.0 Å². The van der Waals surface area contributed by atoms with Crippen molar-refractivity contribution in [3.05, 3.63) is 0 Å². The fourth-order valence-corrected chi connectivity index (χ4v) is 1.58. The first-order valence-electron chi connectivity index (χ1n) is 5.61. The number of rotatable bonds is 1. The molecule has 0 spiro atoms. The molecule has 1 aliphatic carbocycles. The van der Waals surface area contributed by atoms with Gasteiger partial charge in [-0.2, -0.15) is 17.9 Å². The Hall–Kier alpha value is -0.300. The number of hydrogen-bond donors (Lipinski definition) is 1. The summed E-state index contributed by atoms with van der Waals surface area (Å²) < 4.78 is 25.5. The molecular weight excluding hydrogens is 228 g/mol. The molecule has 0 amide bonds. The molecule has 1 atom stereocenters. The van der Waals surface area contributed by atoms with Crippen LogP contribution < -0.4 is 0 Å². The van der Waals surface area contributed by atoms with Crippen LogP contribution in [0.5, 0.6) is 0 Å². The molecule has 0 aromatic heterocycles. The van der Waals surface area contributed by atoms with Gasteiger partial charge in [0.1, 0.15) is 0 Å². The highest BCUT2D eigenvalue weighted by molar-refractivity contribution is 7.81. The topological polar surface area (TPSA) is 23.8 Å². The van der Waals surface area contributed by atoms with Crippen LogP contribution in [0.2, 0.25) is 0 Å². The van der Waals surface area contributed by atoms with Gasteiger partial charge < -0.3 is 0 Å². The zero-order valence-corrected chi connectivity index (χ0v) is 11.2. The molecule has 1 fully saturated rings. The van der Waals surface area contributed by atoms with Crippen molar-refractivity contribution in [3.8, 4) is 6.07 Å². The van der Waals surface area contributed by atoms with Crippen molar-refractivity contribution in [2.24, 2.45) is 5.92 Å². The normalized spacial score (nSPS) is 23.9. The summed E-state index contributed by atoms with van der Waals surface area (Å²) in [4.78, 5) is 0. The highest BCUT2D eigenvalue weighted by Crippen LogP contribution is 2.37. The summed E-state index contributed by atoms with van der Waals surface area (Å²) in [6.45, 7) is 6.16. The lowest BCUT2D eigenvalue weighted by Gasteiger charge is -2.27. The van der Waals surface area contributed by atoms with E-state index in [1.54, 1.807) is 0 Å². The van der Waals surface area contributed by atoms with Crippen LogP contribution in [0.4, 0.5) is 8.78 Å². The molecule has 0 saturated heterocycles. The van der Waals surface area contributed by atoms with Crippen molar-refractivity contribution in [3.63, 3.8) is 0 Å². The molecule has 16 heavy (non-hydrogen) atoms. The molecule has 1 aliphatic rings. The van der Waals surface area contributed by atoms with Gasteiger partial charge in [0.15, 0.2) is 0 Å². The average molecular weight is 249 g/mol. The second kappa shape index (κ2) is 6.44. The van der Waals surface area contributed by atoms with Gasteiger partial charge in [-0.3, -0.25) is 0 Å². The van der Waals surface area contributed by atoms with Crippen molar-refractivity contribution in [1.29, 1.82) is 5.26 Å². The summed E-state index contributed by atoms with van der Waals surface area (Å²) in [7, 11) is 0. The number of nitriles is 1. The molecule has 0 N–H and O–H groups in total. The van der Waals surface area contributed by atoms with Crippen molar-refractivity contribution >= 4 is 12.6 Å². The molecule has 4 heteroatoms. The van der Waals surface area contributed by atoms with Gasteiger partial charge in [-0.15, -0.1) is 0 Å². The Bertz CT molecular complexity index is 234. The number of alkyl halides is 2. The lowest BCUT2D eigenvalue weighted by atomic mass is 9.85. The Balaban J connectivity index is 0.000000385. The molecule has 94 valence electrons. The zero-order valence-electron chi connectivity index (χ0n) is 10.3. The number of nitrogens with zero attached hydrogens (tertiary/aromatic N) is 1. The van der Waals surface area contributed by atoms with Crippen LogP contribution >= 0.6 is 12.6 Å². The summed E-state index contributed by atoms with van der Waals surface area (Å²) in [5, 5.41) is 8.29. The van der Waals surface area contributed by atoms with Gasteiger partial charge in [0.25, 0.3) is 0 Å². The molecule has 1 unspecified atom stereocenters. The minimum Gasteiger partial charge on any atom is -0.207 e. The molecule has 0 aromatic carbocycles. The molecule has 1 rings (SSSR count). The molecule has 0 heterocycles. The number of hydrogen-bond acceptors (Lipinski definition) is 2. The smallest absolute Gasteiger partial charge is 0.207 e. The Morgan fingerprint density at radius 3 is 2.31 bits per heavy atom. The monoisotopic (exact) mass is 249 g/mol. The minimum atomic E-state index is -2.50. The Morgan fingerprint density at radius 1 is 1.44 bits per heavy atom. The lowest BCUT2D eigenvalue weighted by molar-refractivity contribution is -0.0515. The van der Waals surface area contributed by atoms with E-state index in [0.717, 1.165) is 6.42 Å². The van der Waals surface area contributed by atoms with Gasteiger partial charge in [-0.1, -0.05) is 20.8 Å². The molecule has 1 nitrogen and oxygen atoms in total. The highest BCUT2D eigenvalue weighted by Gasteiger charge is 2.35. The van der Waals surface area contributed by atoms with Crippen molar-refractivity contribution < 1.29 is 8.78 Å². The third-order valence-corrected chi connectivity index (χ3v) is 2.12. The molecule has 1 saturated carbocycles. The SMILES string of the molecule is CC(C)(C)S.N#CCC1CCCC(F)(F)C1. The third kappa shape index (κ3) is 10.2. The van der Waals surface area contributed by atoms with E-state index >= 15 is 0 Å². The van der Waals surface area contributed by atoms with Gasteiger partial charge in [0.05, 0.1) is 6.07 Å². The Kier molecular flexibility index (Phi) is 6.32. The van der Waals surface area contributed by atoms with E-state index in [4.69, 9.17) is 5.26 Å². The average Bonchev–Trinajstić information content (AvgIpc) is 1.99. The first-order chi connectivity index (χ1) is 7.14. The van der Waals surface area contributed by atoms with Crippen LogP contribution in [0.3, 0.4) is 0 Å². The second-order valence-electron chi connectivity index (χ2n) is 5.35. The maximum atomic E-state index is 12.7. The fourth-order valence-electron chi connectivity index (χ4n) is 1.58. The van der Waals surface area contributed by atoms with Crippen LogP contribution in [0.1, 0.15) is 52.9 Å². The fraction of sp³-hybridized carbons (Fsp3) is 0.917. The van der Waals surface area contributed by atoms with E-state index in [2.05, 4.69) is 33.4 Å². The van der Waals surface area contributed by atoms with Crippen LogP contribution in [-0.4, -0.2) is 10.7 Å². The van der Waals surface area contributed by atoms with E-state index in [1.165, 1.54) is 0 Å². The summed E-state index contributed by atoms with van der Waals surface area (Å²) in [6, 6.07) is 1.94. The quantitative estimate of drug-likeness (QED) is 0.682. The first-order valence-corrected chi connectivity index (χ1v) is 6.06. The number of thiol groups is 1. The van der Waals surface area contributed by atoms with Crippen LogP contribution in [0, 0.1) is 17.2 Å². The zero-order chi connectivity index (χ0) is 12.8. The summed E-state index contributed by atoms with van der Waals surface area (Å²) in [6.07, 6.45) is 1.58. The molecule has 0 aromatic rings. The summed E-state index contributed by atoms with van der Waals surface area (Å²) >= 11 is 4.12. The highest BCUT2D eigenvalue weighted by atomic mass is 32.1. The van der Waals surface area contributed by atoms with Gasteiger partial charge in [0.2, 0.25) is 5.92 Å². The Morgan fingerprint density at radius 2 is 1.94 bits per heavy atom. The predicted molar refractivity (Wildman–Crippen MR) is 65.9 cm³/mol. The minimum absolute atomic E-state index is 0.00886. The Labute approximate surface area is 103 Å². The summed E-state index contributed by atoms with van der Waals surface area (Å²) in [5.74, 6) is -2.57. The van der Waals surface area contributed by atoms with Gasteiger partial charge >= 0.3 is 0 Å². The summed E-state index contributed by atoms with van der Waals surface area (Å²) in [5.41, 5.74) is 0. The van der Waals surface area contributed by atoms with Crippen molar-refractivity contribution in [2.75, 3.05) is 0 Å². The largest absolute Gasteiger partial charge is 0.248 e. The first kappa shape index (κ1) is 15.7. The van der Waals surface area contributed by atoms with Crippen LogP contribution in [-0.2, 0) is 0 Å². The van der Waals surface area contributed by atoms with Crippen LogP contribution in [0.25, 0.3) is 0 Å². The second-order valence-corrected chi connectivity index (χ2v) is 6.69. The van der Waals surface area contributed by atoms with Gasteiger partial charge in [-0.25, -0.2) is 8.78 Å². The van der Waals surface area contributed by atoms with Crippen molar-refractivity contribution in [1.82, 2.24) is 0 Å². The third-order valence-electron chi connectivity index (χ3n) is 2.12. The number of halogens is 2. The van der Waals surface area contributed by atoms with E-state index < -0.39 is 5.92 Å². The van der Waals surface area contributed by atoms with Gasteiger partial charge in [-0.05, 0) is 18.8 Å². The molecule has 0 bridgehead atoms. The van der Waals surface area contributed by atoms with Crippen molar-refractivity contribution in [2.45, 2.75) is 63.5 Å². The molecular formula is C12H21F2NS. The van der Waals surface area contributed by atoms with E-state index in [-0.39, 0.29) is 29.9 Å². The maximum absolute atomic E-state index is 12.7. The van der Waals surface area contributed by atoms with Crippen LogP contribution in [0.15, 0.2) is 0 Å². The predicted octanol–water partition coefficient (Wildman–Crippen LogP) is 4.44. The lowest BCUT2D eigenvalue weighted by Crippen LogP contribution is -2.25. The van der Waals surface area contributed by atoms with E-state index in [1.807, 2.05) is 6.07 Å². The standard InChI is InChI=1S/C8H11F2N.C4H10S/c9-8(10)4-1-2-7(6-8)3-5-11;1-4(2,3)5/h7H,1-4,6H2;5H,1-3H3.